The Morgan fingerprint density at radius 3 is 2.72 bits per heavy atom. The highest BCUT2D eigenvalue weighted by atomic mass is 16.5. The van der Waals surface area contributed by atoms with Gasteiger partial charge in [-0.05, 0) is 58.4 Å². The van der Waals surface area contributed by atoms with Crippen LogP contribution in [-0.4, -0.2) is 41.4 Å². The number of amides is 1. The molecule has 3 N–H and O–H groups in total. The molecule has 0 bridgehead atoms. The molecule has 1 aromatic carbocycles. The SMILES string of the molecule is CCOC(=O)c1c(C)[nH]c(C(=O)[C@H](C)Nc2ccc3c(c2)NC(=O)[C@@H](C)O3)c1C. The van der Waals surface area contributed by atoms with E-state index in [4.69, 9.17) is 9.47 Å². The monoisotopic (exact) mass is 399 g/mol. The van der Waals surface area contributed by atoms with Crippen molar-refractivity contribution < 1.29 is 23.9 Å². The molecule has 2 aromatic rings. The lowest BCUT2D eigenvalue weighted by atomic mass is 10.0. The third-order valence-corrected chi connectivity index (χ3v) is 4.85. The van der Waals surface area contributed by atoms with Crippen molar-refractivity contribution in [3.05, 3.63) is 40.7 Å². The highest BCUT2D eigenvalue weighted by Crippen LogP contribution is 2.32. The van der Waals surface area contributed by atoms with Gasteiger partial charge < -0.3 is 25.1 Å². The number of carbonyl (C=O) groups is 3. The number of anilines is 2. The lowest BCUT2D eigenvalue weighted by molar-refractivity contribution is -0.122. The van der Waals surface area contributed by atoms with E-state index in [-0.39, 0.29) is 18.3 Å². The highest BCUT2D eigenvalue weighted by molar-refractivity contribution is 6.05. The topological polar surface area (TPSA) is 110 Å². The Bertz CT molecular complexity index is 979. The van der Waals surface area contributed by atoms with Gasteiger partial charge in [0, 0.05) is 11.4 Å². The average Bonchev–Trinajstić information content (AvgIpc) is 2.96. The van der Waals surface area contributed by atoms with Gasteiger partial charge in [-0.25, -0.2) is 4.79 Å². The summed E-state index contributed by atoms with van der Waals surface area (Å²) < 4.78 is 10.6. The number of ether oxygens (including phenoxy) is 2. The lowest BCUT2D eigenvalue weighted by Gasteiger charge is -2.24. The summed E-state index contributed by atoms with van der Waals surface area (Å²) in [5.74, 6) is -0.273. The maximum atomic E-state index is 13.0. The van der Waals surface area contributed by atoms with Gasteiger partial charge in [0.25, 0.3) is 5.91 Å². The Kier molecular flexibility index (Phi) is 5.63. The van der Waals surface area contributed by atoms with Crippen LogP contribution in [0.25, 0.3) is 0 Å². The second-order valence-electron chi connectivity index (χ2n) is 7.04. The third-order valence-electron chi connectivity index (χ3n) is 4.85. The van der Waals surface area contributed by atoms with Crippen LogP contribution in [0.2, 0.25) is 0 Å². The van der Waals surface area contributed by atoms with Gasteiger partial charge in [-0.1, -0.05) is 0 Å². The largest absolute Gasteiger partial charge is 0.479 e. The summed E-state index contributed by atoms with van der Waals surface area (Å²) in [5.41, 5.74) is 3.14. The summed E-state index contributed by atoms with van der Waals surface area (Å²) >= 11 is 0. The highest BCUT2D eigenvalue weighted by Gasteiger charge is 2.27. The van der Waals surface area contributed by atoms with Crippen LogP contribution >= 0.6 is 0 Å². The fourth-order valence-corrected chi connectivity index (χ4v) is 3.34. The number of hydrogen-bond acceptors (Lipinski definition) is 6. The lowest BCUT2D eigenvalue weighted by Crippen LogP contribution is -2.34. The minimum atomic E-state index is -0.570. The van der Waals surface area contributed by atoms with Crippen molar-refractivity contribution in [2.75, 3.05) is 17.2 Å². The molecule has 8 nitrogen and oxygen atoms in total. The van der Waals surface area contributed by atoms with Crippen LogP contribution in [0.4, 0.5) is 11.4 Å². The summed E-state index contributed by atoms with van der Waals surface area (Å²) in [7, 11) is 0. The molecular formula is C21H25N3O5. The van der Waals surface area contributed by atoms with Gasteiger partial charge >= 0.3 is 5.97 Å². The number of esters is 1. The molecule has 0 spiro atoms. The Labute approximate surface area is 169 Å². The van der Waals surface area contributed by atoms with E-state index in [0.717, 1.165) is 0 Å². The van der Waals surface area contributed by atoms with Gasteiger partial charge in [-0.15, -0.1) is 0 Å². The van der Waals surface area contributed by atoms with E-state index >= 15 is 0 Å². The maximum Gasteiger partial charge on any atom is 0.340 e. The minimum Gasteiger partial charge on any atom is -0.479 e. The first-order valence-corrected chi connectivity index (χ1v) is 9.51. The Balaban J connectivity index is 1.78. The molecule has 0 fully saturated rings. The van der Waals surface area contributed by atoms with E-state index in [0.29, 0.717) is 39.6 Å². The molecule has 1 aromatic heterocycles. The van der Waals surface area contributed by atoms with Crippen LogP contribution in [0.1, 0.15) is 52.9 Å². The van der Waals surface area contributed by atoms with Crippen LogP contribution < -0.4 is 15.4 Å². The van der Waals surface area contributed by atoms with Crippen LogP contribution in [0.15, 0.2) is 18.2 Å². The number of aryl methyl sites for hydroxylation is 1. The van der Waals surface area contributed by atoms with Gasteiger partial charge in [-0.3, -0.25) is 9.59 Å². The molecular weight excluding hydrogens is 374 g/mol. The second-order valence-corrected chi connectivity index (χ2v) is 7.04. The van der Waals surface area contributed by atoms with Crippen LogP contribution in [0.5, 0.6) is 5.75 Å². The Hall–Kier alpha value is -3.29. The molecule has 0 aliphatic carbocycles. The van der Waals surface area contributed by atoms with Gasteiger partial charge in [0.2, 0.25) is 5.78 Å². The molecule has 0 radical (unpaired) electrons. The van der Waals surface area contributed by atoms with Crippen LogP contribution in [-0.2, 0) is 9.53 Å². The van der Waals surface area contributed by atoms with E-state index in [1.807, 2.05) is 0 Å². The zero-order valence-electron chi connectivity index (χ0n) is 17.1. The standard InChI is InChI=1S/C21H25N3O5/c1-6-28-21(27)17-10(2)18(23-11(17)3)19(25)12(4)22-14-7-8-16-15(9-14)24-20(26)13(5)29-16/h7-9,12-13,22-23H,6H2,1-5H3,(H,24,26)/t12-,13+/m0/s1. The minimum absolute atomic E-state index is 0.187. The van der Waals surface area contributed by atoms with Crippen molar-refractivity contribution >= 4 is 29.0 Å². The molecule has 154 valence electrons. The number of H-pyrrole nitrogens is 1. The molecule has 8 heteroatoms. The molecule has 0 saturated heterocycles. The molecule has 3 rings (SSSR count). The molecule has 2 atom stereocenters. The first kappa shape index (κ1) is 20.4. The zero-order valence-corrected chi connectivity index (χ0v) is 17.1. The molecule has 29 heavy (non-hydrogen) atoms. The number of rotatable bonds is 6. The van der Waals surface area contributed by atoms with Gasteiger partial charge in [0.05, 0.1) is 29.6 Å². The van der Waals surface area contributed by atoms with E-state index in [2.05, 4.69) is 15.6 Å². The number of aromatic amines is 1. The van der Waals surface area contributed by atoms with E-state index in [1.54, 1.807) is 52.8 Å². The third kappa shape index (κ3) is 3.96. The van der Waals surface area contributed by atoms with E-state index in [9.17, 15) is 14.4 Å². The van der Waals surface area contributed by atoms with Gasteiger partial charge in [0.15, 0.2) is 6.10 Å². The molecule has 0 saturated carbocycles. The quantitative estimate of drug-likeness (QED) is 0.508. The summed E-state index contributed by atoms with van der Waals surface area (Å²) in [6.07, 6.45) is -0.547. The predicted octanol–water partition coefficient (Wildman–Crippen LogP) is 3.21. The van der Waals surface area contributed by atoms with Crippen LogP contribution in [0.3, 0.4) is 0 Å². The van der Waals surface area contributed by atoms with Gasteiger partial charge in [0.1, 0.15) is 5.75 Å². The normalized spacial score (nSPS) is 16.3. The van der Waals surface area contributed by atoms with Crippen molar-refractivity contribution in [3.63, 3.8) is 0 Å². The number of benzene rings is 1. The number of hydrogen-bond donors (Lipinski definition) is 3. The molecule has 1 aliphatic rings. The zero-order chi connectivity index (χ0) is 21.3. The molecule has 1 aliphatic heterocycles. The second kappa shape index (κ2) is 7.98. The van der Waals surface area contributed by atoms with Crippen molar-refractivity contribution in [1.82, 2.24) is 4.98 Å². The Morgan fingerprint density at radius 1 is 1.31 bits per heavy atom. The maximum absolute atomic E-state index is 13.0. The van der Waals surface area contributed by atoms with Crippen LogP contribution in [0, 0.1) is 13.8 Å². The van der Waals surface area contributed by atoms with Gasteiger partial charge in [-0.2, -0.15) is 0 Å². The summed E-state index contributed by atoms with van der Waals surface area (Å²) in [5, 5.41) is 5.92. The number of aromatic nitrogens is 1. The first-order valence-electron chi connectivity index (χ1n) is 9.51. The molecule has 1 amide bonds. The summed E-state index contributed by atoms with van der Waals surface area (Å²) in [4.78, 5) is 39.9. The number of Topliss-reactive ketones (excluding diaryl/α,β-unsaturated/α-hetero) is 1. The number of carbonyl (C=O) groups excluding carboxylic acids is 3. The fraction of sp³-hybridized carbons (Fsp3) is 0.381. The predicted molar refractivity (Wildman–Crippen MR) is 109 cm³/mol. The molecule has 2 heterocycles. The van der Waals surface area contributed by atoms with Crippen molar-refractivity contribution in [2.45, 2.75) is 46.8 Å². The number of ketones is 1. The summed E-state index contributed by atoms with van der Waals surface area (Å²) in [6.45, 7) is 8.88. The van der Waals surface area contributed by atoms with Crippen molar-refractivity contribution in [1.29, 1.82) is 0 Å². The van der Waals surface area contributed by atoms with Crippen molar-refractivity contribution in [2.24, 2.45) is 0 Å². The number of nitrogens with one attached hydrogen (secondary N) is 3. The average molecular weight is 399 g/mol. The van der Waals surface area contributed by atoms with E-state index < -0.39 is 18.1 Å². The first-order chi connectivity index (χ1) is 13.7. The van der Waals surface area contributed by atoms with E-state index in [1.165, 1.54) is 0 Å². The molecule has 0 unspecified atom stereocenters. The smallest absolute Gasteiger partial charge is 0.340 e. The summed E-state index contributed by atoms with van der Waals surface area (Å²) in [6, 6.07) is 4.68. The fourth-order valence-electron chi connectivity index (χ4n) is 3.34. The van der Waals surface area contributed by atoms with Crippen molar-refractivity contribution in [3.8, 4) is 5.75 Å². The number of fused-ring (bicyclic) bond motifs is 1. The Morgan fingerprint density at radius 2 is 2.03 bits per heavy atom.